The van der Waals surface area contributed by atoms with Gasteiger partial charge in [-0.2, -0.15) is 13.2 Å². The second-order valence-electron chi connectivity index (χ2n) is 4.00. The Bertz CT molecular complexity index is 324. The van der Waals surface area contributed by atoms with Gasteiger partial charge >= 0.3 is 12.1 Å². The summed E-state index contributed by atoms with van der Waals surface area (Å²) in [7, 11) is 0. The number of rotatable bonds is 3. The Morgan fingerprint density at radius 3 is 1.94 bits per heavy atom. The summed E-state index contributed by atoms with van der Waals surface area (Å²) in [6.45, 7) is 1.47. The molecule has 4 nitrogen and oxygen atoms in total. The van der Waals surface area contributed by atoms with Crippen LogP contribution in [0.1, 0.15) is 26.7 Å². The lowest BCUT2D eigenvalue weighted by Crippen LogP contribution is -2.64. The Balaban J connectivity index is 3.18. The summed E-state index contributed by atoms with van der Waals surface area (Å²) in [6.07, 6.45) is -4.16. The normalized spacial score (nSPS) is 20.1. The number of amides is 1. The van der Waals surface area contributed by atoms with Crippen LogP contribution in [0.3, 0.4) is 0 Å². The fourth-order valence-electron chi connectivity index (χ4n) is 1.63. The Labute approximate surface area is 90.0 Å². The van der Waals surface area contributed by atoms with Gasteiger partial charge in [0.25, 0.3) is 0 Å². The molecule has 0 aromatic heterocycles. The molecule has 1 amide bonds. The molecule has 1 aliphatic rings. The minimum absolute atomic E-state index is 0.415. The van der Waals surface area contributed by atoms with Crippen molar-refractivity contribution in [3.05, 3.63) is 0 Å². The molecular weight excluding hydrogens is 227 g/mol. The van der Waals surface area contributed by atoms with E-state index in [0.717, 1.165) is 6.92 Å². The largest absolute Gasteiger partial charge is 0.479 e. The standard InChI is InChI=1S/C9H12F3NO3/c1-5(14)13(6-3-4-6)8(2,7(15)16)9(10,11)12/h6H,3-4H2,1-2H3,(H,15,16). The van der Waals surface area contributed by atoms with Gasteiger partial charge in [-0.1, -0.05) is 0 Å². The summed E-state index contributed by atoms with van der Waals surface area (Å²) in [4.78, 5) is 22.4. The quantitative estimate of drug-likeness (QED) is 0.809. The van der Waals surface area contributed by atoms with Crippen LogP contribution in [0.25, 0.3) is 0 Å². The predicted molar refractivity (Wildman–Crippen MR) is 47.6 cm³/mol. The van der Waals surface area contributed by atoms with Gasteiger partial charge in [-0.3, -0.25) is 4.79 Å². The fraction of sp³-hybridized carbons (Fsp3) is 0.778. The summed E-state index contributed by atoms with van der Waals surface area (Å²) in [5.41, 5.74) is -3.14. The van der Waals surface area contributed by atoms with Crippen LogP contribution in [0.15, 0.2) is 0 Å². The number of carbonyl (C=O) groups is 2. The van der Waals surface area contributed by atoms with Crippen LogP contribution in [0.4, 0.5) is 13.2 Å². The fourth-order valence-corrected chi connectivity index (χ4v) is 1.63. The zero-order valence-corrected chi connectivity index (χ0v) is 8.84. The highest BCUT2D eigenvalue weighted by Crippen LogP contribution is 2.42. The predicted octanol–water partition coefficient (Wildman–Crippen LogP) is 1.40. The molecule has 0 aromatic carbocycles. The molecule has 1 N–H and O–H groups in total. The lowest BCUT2D eigenvalue weighted by Gasteiger charge is -2.38. The first-order chi connectivity index (χ1) is 7.12. The van der Waals surface area contributed by atoms with Gasteiger partial charge in [0.15, 0.2) is 0 Å². The molecule has 0 aromatic rings. The lowest BCUT2D eigenvalue weighted by atomic mass is 9.98. The highest BCUT2D eigenvalue weighted by atomic mass is 19.4. The molecule has 1 aliphatic carbocycles. The molecule has 0 bridgehead atoms. The number of carboxylic acid groups (broad SMARTS) is 1. The van der Waals surface area contributed by atoms with E-state index in [1.165, 1.54) is 0 Å². The third-order valence-corrected chi connectivity index (χ3v) is 2.70. The number of alkyl halides is 3. The van der Waals surface area contributed by atoms with E-state index in [2.05, 4.69) is 0 Å². The maximum Gasteiger partial charge on any atom is 0.422 e. The van der Waals surface area contributed by atoms with Gasteiger partial charge in [-0.05, 0) is 19.8 Å². The maximum atomic E-state index is 12.8. The smallest absolute Gasteiger partial charge is 0.422 e. The second-order valence-corrected chi connectivity index (χ2v) is 4.00. The van der Waals surface area contributed by atoms with E-state index >= 15 is 0 Å². The monoisotopic (exact) mass is 239 g/mol. The van der Waals surface area contributed by atoms with Crippen LogP contribution in [-0.2, 0) is 9.59 Å². The first kappa shape index (κ1) is 12.8. The topological polar surface area (TPSA) is 57.6 Å². The molecule has 0 radical (unpaired) electrons. The van der Waals surface area contributed by atoms with E-state index < -0.39 is 29.6 Å². The molecule has 1 fully saturated rings. The highest BCUT2D eigenvalue weighted by Gasteiger charge is 2.64. The Morgan fingerprint density at radius 1 is 1.31 bits per heavy atom. The van der Waals surface area contributed by atoms with E-state index in [1.807, 2.05) is 0 Å². The molecule has 1 rings (SSSR count). The van der Waals surface area contributed by atoms with Crippen molar-refractivity contribution in [3.8, 4) is 0 Å². The van der Waals surface area contributed by atoms with Crippen LogP contribution < -0.4 is 0 Å². The number of aliphatic carboxylic acids is 1. The van der Waals surface area contributed by atoms with Crippen molar-refractivity contribution < 1.29 is 27.9 Å². The molecule has 16 heavy (non-hydrogen) atoms. The Morgan fingerprint density at radius 2 is 1.75 bits per heavy atom. The van der Waals surface area contributed by atoms with Crippen LogP contribution in [-0.4, -0.2) is 39.6 Å². The van der Waals surface area contributed by atoms with E-state index in [0.29, 0.717) is 24.7 Å². The van der Waals surface area contributed by atoms with Crippen LogP contribution in [0.2, 0.25) is 0 Å². The van der Waals surface area contributed by atoms with Crippen molar-refractivity contribution in [2.75, 3.05) is 0 Å². The molecule has 1 unspecified atom stereocenters. The average molecular weight is 239 g/mol. The van der Waals surface area contributed by atoms with Gasteiger partial charge in [0.05, 0.1) is 0 Å². The van der Waals surface area contributed by atoms with Crippen LogP contribution in [0.5, 0.6) is 0 Å². The Kier molecular flexibility index (Phi) is 2.91. The second kappa shape index (κ2) is 3.64. The van der Waals surface area contributed by atoms with Crippen LogP contribution >= 0.6 is 0 Å². The average Bonchev–Trinajstić information content (AvgIpc) is 2.84. The van der Waals surface area contributed by atoms with Crippen molar-refractivity contribution >= 4 is 11.9 Å². The van der Waals surface area contributed by atoms with Crippen molar-refractivity contribution in [2.45, 2.75) is 44.4 Å². The summed E-state index contributed by atoms with van der Waals surface area (Å²) in [5.74, 6) is -2.92. The molecule has 7 heteroatoms. The number of nitrogens with zero attached hydrogens (tertiary/aromatic N) is 1. The van der Waals surface area contributed by atoms with E-state index in [4.69, 9.17) is 5.11 Å². The number of hydrogen-bond acceptors (Lipinski definition) is 2. The van der Waals surface area contributed by atoms with Gasteiger partial charge < -0.3 is 10.0 Å². The third-order valence-electron chi connectivity index (χ3n) is 2.70. The van der Waals surface area contributed by atoms with Crippen molar-refractivity contribution in [3.63, 3.8) is 0 Å². The van der Waals surface area contributed by atoms with Gasteiger partial charge in [0, 0.05) is 13.0 Å². The van der Waals surface area contributed by atoms with Crippen molar-refractivity contribution in [1.29, 1.82) is 0 Å². The van der Waals surface area contributed by atoms with Crippen molar-refractivity contribution in [1.82, 2.24) is 4.90 Å². The minimum atomic E-state index is -4.99. The zero-order chi connectivity index (χ0) is 12.7. The molecule has 0 saturated heterocycles. The number of hydrogen-bond donors (Lipinski definition) is 1. The molecule has 0 aliphatic heterocycles. The number of carboxylic acids is 1. The summed E-state index contributed by atoms with van der Waals surface area (Å²) < 4.78 is 38.3. The van der Waals surface area contributed by atoms with E-state index in [9.17, 15) is 22.8 Å². The molecule has 0 heterocycles. The van der Waals surface area contributed by atoms with Crippen molar-refractivity contribution in [2.24, 2.45) is 0 Å². The van der Waals surface area contributed by atoms with Gasteiger partial charge in [-0.15, -0.1) is 0 Å². The Hall–Kier alpha value is -1.27. The molecule has 92 valence electrons. The molecule has 1 saturated carbocycles. The van der Waals surface area contributed by atoms with Crippen LogP contribution in [0, 0.1) is 0 Å². The first-order valence-electron chi connectivity index (χ1n) is 4.72. The minimum Gasteiger partial charge on any atom is -0.479 e. The molecular formula is C9H12F3NO3. The maximum absolute atomic E-state index is 12.8. The van der Waals surface area contributed by atoms with E-state index in [-0.39, 0.29) is 0 Å². The van der Waals surface area contributed by atoms with E-state index in [1.54, 1.807) is 0 Å². The van der Waals surface area contributed by atoms with Gasteiger partial charge in [0.2, 0.25) is 11.4 Å². The summed E-state index contributed by atoms with van der Waals surface area (Å²) >= 11 is 0. The SMILES string of the molecule is CC(=O)N(C1CC1)C(C)(C(=O)O)C(F)(F)F. The highest BCUT2D eigenvalue weighted by molar-refractivity contribution is 5.87. The lowest BCUT2D eigenvalue weighted by molar-refractivity contribution is -0.233. The summed E-state index contributed by atoms with van der Waals surface area (Å²) in [6, 6.07) is -0.611. The third kappa shape index (κ3) is 1.85. The first-order valence-corrected chi connectivity index (χ1v) is 4.72. The molecule has 1 atom stereocenters. The zero-order valence-electron chi connectivity index (χ0n) is 8.84. The number of carbonyl (C=O) groups excluding carboxylic acids is 1. The van der Waals surface area contributed by atoms with Gasteiger partial charge in [0.1, 0.15) is 0 Å². The number of halogens is 3. The molecule has 0 spiro atoms. The van der Waals surface area contributed by atoms with Gasteiger partial charge in [-0.25, -0.2) is 4.79 Å². The summed E-state index contributed by atoms with van der Waals surface area (Å²) in [5, 5.41) is 8.75.